The summed E-state index contributed by atoms with van der Waals surface area (Å²) in [7, 11) is 3.00. The number of ketones is 2. The molecule has 0 saturated heterocycles. The monoisotopic (exact) mass is 514 g/mol. The van der Waals surface area contributed by atoms with E-state index in [9.17, 15) is 39.6 Å². The number of Topliss-reactive ketones (excluding diaryl/α,β-unsaturated/α-hetero) is 2. The lowest BCUT2D eigenvalue weighted by molar-refractivity contribution is -0.180. The number of aliphatic hydroxyl groups is 3. The van der Waals surface area contributed by atoms with Crippen molar-refractivity contribution in [3.05, 3.63) is 51.5 Å². The molecule has 6 N–H and O–H groups in total. The maximum Gasteiger partial charge on any atom is 0.305 e. The summed E-state index contributed by atoms with van der Waals surface area (Å²) in [5, 5.41) is 45.0. The molecular weight excluding hydrogens is 484 g/mol. The minimum Gasteiger partial charge on any atom is -0.510 e. The Labute approximate surface area is 212 Å². The third-order valence-corrected chi connectivity index (χ3v) is 7.86. The number of rotatable bonds is 4. The fraction of sp³-hybridized carbons (Fsp3) is 0.462. The highest BCUT2D eigenvalue weighted by Crippen LogP contribution is 2.56. The maximum atomic E-state index is 13.8. The van der Waals surface area contributed by atoms with E-state index < -0.39 is 81.6 Å². The van der Waals surface area contributed by atoms with Gasteiger partial charge in [0.1, 0.15) is 28.9 Å². The van der Waals surface area contributed by atoms with E-state index in [4.69, 9.17) is 10.5 Å². The lowest BCUT2D eigenvalue weighted by Gasteiger charge is -2.54. The zero-order chi connectivity index (χ0) is 27.7. The quantitative estimate of drug-likeness (QED) is 0.285. The number of amides is 1. The number of carbonyl (C=O) groups is 4. The van der Waals surface area contributed by atoms with Crippen LogP contribution in [0.25, 0.3) is 0 Å². The number of carbonyl (C=O) groups excluding carboxylic acids is 4. The molecular formula is C26H30N2O9. The van der Waals surface area contributed by atoms with Crippen LogP contribution in [0.2, 0.25) is 0 Å². The van der Waals surface area contributed by atoms with Gasteiger partial charge in [-0.05, 0) is 44.1 Å². The van der Waals surface area contributed by atoms with E-state index in [1.807, 2.05) is 0 Å². The molecule has 1 aromatic carbocycles. The number of aliphatic hydroxyl groups excluding tert-OH is 2. The molecule has 0 bridgehead atoms. The van der Waals surface area contributed by atoms with Crippen LogP contribution in [-0.2, 0) is 19.1 Å². The molecule has 6 atom stereocenters. The summed E-state index contributed by atoms with van der Waals surface area (Å²) in [6.07, 6.45) is -1.47. The molecule has 4 rings (SSSR count). The van der Waals surface area contributed by atoms with E-state index in [0.29, 0.717) is 11.1 Å². The van der Waals surface area contributed by atoms with Crippen LogP contribution in [0.5, 0.6) is 5.75 Å². The zero-order valence-electron chi connectivity index (χ0n) is 21.1. The average Bonchev–Trinajstić information content (AvgIpc) is 2.81. The highest BCUT2D eigenvalue weighted by atomic mass is 16.5. The van der Waals surface area contributed by atoms with Gasteiger partial charge in [-0.25, -0.2) is 0 Å². The van der Waals surface area contributed by atoms with Crippen molar-refractivity contribution in [2.24, 2.45) is 17.6 Å². The van der Waals surface area contributed by atoms with Crippen molar-refractivity contribution in [1.29, 1.82) is 0 Å². The van der Waals surface area contributed by atoms with Crippen LogP contribution in [0.3, 0.4) is 0 Å². The number of aryl methyl sites for hydroxylation is 1. The third-order valence-electron chi connectivity index (χ3n) is 7.86. The van der Waals surface area contributed by atoms with Gasteiger partial charge >= 0.3 is 5.97 Å². The summed E-state index contributed by atoms with van der Waals surface area (Å²) < 4.78 is 5.78. The van der Waals surface area contributed by atoms with Gasteiger partial charge in [-0.3, -0.25) is 24.1 Å². The van der Waals surface area contributed by atoms with E-state index >= 15 is 0 Å². The van der Waals surface area contributed by atoms with Crippen molar-refractivity contribution >= 4 is 23.4 Å². The van der Waals surface area contributed by atoms with Crippen LogP contribution in [-0.4, -0.2) is 80.6 Å². The number of hydrogen-bond donors (Lipinski definition) is 5. The first kappa shape index (κ1) is 26.4. The van der Waals surface area contributed by atoms with Crippen LogP contribution in [0.15, 0.2) is 34.8 Å². The van der Waals surface area contributed by atoms with Gasteiger partial charge in [0.25, 0.3) is 5.91 Å². The summed E-state index contributed by atoms with van der Waals surface area (Å²) in [6.45, 7) is 4.99. The van der Waals surface area contributed by atoms with Crippen LogP contribution >= 0.6 is 0 Å². The summed E-state index contributed by atoms with van der Waals surface area (Å²) in [4.78, 5) is 53.6. The first-order valence-corrected chi connectivity index (χ1v) is 11.9. The molecule has 37 heavy (non-hydrogen) atoms. The molecule has 198 valence electrons. The molecule has 0 radical (unpaired) electrons. The van der Waals surface area contributed by atoms with Gasteiger partial charge in [-0.1, -0.05) is 19.9 Å². The summed E-state index contributed by atoms with van der Waals surface area (Å²) in [6, 6.07) is 1.64. The van der Waals surface area contributed by atoms with Crippen LogP contribution in [0.4, 0.5) is 0 Å². The number of ether oxygens (including phenoxy) is 1. The Kier molecular flexibility index (Phi) is 6.20. The predicted octanol–water partition coefficient (Wildman–Crippen LogP) is 0.922. The first-order valence-electron chi connectivity index (χ1n) is 11.9. The number of benzene rings is 1. The fourth-order valence-electron chi connectivity index (χ4n) is 6.27. The number of fused-ring (bicyclic) bond motifs is 3. The number of esters is 1. The molecule has 11 heteroatoms. The van der Waals surface area contributed by atoms with Gasteiger partial charge in [0.2, 0.25) is 5.78 Å². The second-order valence-corrected chi connectivity index (χ2v) is 10.1. The lowest BCUT2D eigenvalue weighted by atomic mass is 9.55. The smallest absolute Gasteiger partial charge is 0.305 e. The predicted molar refractivity (Wildman–Crippen MR) is 129 cm³/mol. The molecule has 1 amide bonds. The van der Waals surface area contributed by atoms with Crippen molar-refractivity contribution in [2.45, 2.75) is 50.9 Å². The second-order valence-electron chi connectivity index (χ2n) is 10.1. The molecule has 3 aliphatic rings. The van der Waals surface area contributed by atoms with E-state index in [1.165, 1.54) is 32.0 Å². The minimum absolute atomic E-state index is 0.0763. The summed E-state index contributed by atoms with van der Waals surface area (Å²) in [5.74, 6) is -9.66. The molecule has 0 aliphatic heterocycles. The molecule has 0 fully saturated rings. The summed E-state index contributed by atoms with van der Waals surface area (Å²) in [5.41, 5.74) is 2.11. The standard InChI is InChI=1S/C26H30N2O9/c1-6-12(30)37-22-14-10(3)13-9(2)7-8-11(29)15(13)20(31)16(14)23(33)26(36)18(22)19(28(4)5)21(32)17(24(26)34)25(27)35/h7-8,10,14,18-19,22,29,32-33,36H,6H2,1-5H3,(H2,27,35)/t10-,14+,18+,19-,22-,26-/m0/s1. The average molecular weight is 515 g/mol. The van der Waals surface area contributed by atoms with Crippen molar-refractivity contribution < 1.29 is 44.3 Å². The number of phenolic OH excluding ortho intramolecular Hbond substituents is 1. The SMILES string of the molecule is CCC(=O)O[C@H]1[C@H]2C(=C(O)[C@]3(O)C(=O)C(C(N)=O)=C(O)[C@@H](N(C)C)[C@H]13)C(=O)c1c(O)ccc(C)c1[C@@H]2C. The second kappa shape index (κ2) is 8.70. The number of hydrogen-bond acceptors (Lipinski definition) is 10. The number of phenols is 1. The maximum absolute atomic E-state index is 13.8. The van der Waals surface area contributed by atoms with Gasteiger partial charge in [0, 0.05) is 17.9 Å². The van der Waals surface area contributed by atoms with Crippen LogP contribution < -0.4 is 5.73 Å². The minimum atomic E-state index is -2.94. The van der Waals surface area contributed by atoms with Gasteiger partial charge < -0.3 is 30.9 Å². The zero-order valence-corrected chi connectivity index (χ0v) is 21.1. The third kappa shape index (κ3) is 3.41. The van der Waals surface area contributed by atoms with Crippen LogP contribution in [0, 0.1) is 18.8 Å². The molecule has 3 aliphatic carbocycles. The van der Waals surface area contributed by atoms with Crippen molar-refractivity contribution in [3.63, 3.8) is 0 Å². The van der Waals surface area contributed by atoms with E-state index in [-0.39, 0.29) is 17.7 Å². The Morgan fingerprint density at radius 1 is 1.16 bits per heavy atom. The molecule has 0 spiro atoms. The van der Waals surface area contributed by atoms with Gasteiger partial charge in [0.15, 0.2) is 11.4 Å². The summed E-state index contributed by atoms with van der Waals surface area (Å²) >= 11 is 0. The van der Waals surface area contributed by atoms with Crippen LogP contribution in [0.1, 0.15) is 47.7 Å². The Morgan fingerprint density at radius 3 is 2.32 bits per heavy atom. The number of likely N-dealkylation sites (N-methyl/N-ethyl adjacent to an activating group) is 1. The Bertz CT molecular complexity index is 1310. The normalized spacial score (nSPS) is 31.2. The Hall–Kier alpha value is -3.70. The molecule has 11 nitrogen and oxygen atoms in total. The molecule has 0 unspecified atom stereocenters. The first-order chi connectivity index (χ1) is 17.2. The molecule has 0 aromatic heterocycles. The number of nitrogens with zero attached hydrogens (tertiary/aromatic N) is 1. The largest absolute Gasteiger partial charge is 0.510 e. The van der Waals surface area contributed by atoms with Gasteiger partial charge in [-0.2, -0.15) is 0 Å². The van der Waals surface area contributed by atoms with Gasteiger partial charge in [0.05, 0.1) is 17.5 Å². The molecule has 1 aromatic rings. The number of nitrogens with two attached hydrogens (primary N) is 1. The topological polar surface area (TPSA) is 188 Å². The van der Waals surface area contributed by atoms with Crippen molar-refractivity contribution in [3.8, 4) is 5.75 Å². The van der Waals surface area contributed by atoms with E-state index in [1.54, 1.807) is 19.9 Å². The number of primary amides is 1. The Morgan fingerprint density at radius 2 is 1.78 bits per heavy atom. The fourth-order valence-corrected chi connectivity index (χ4v) is 6.27. The lowest BCUT2D eigenvalue weighted by Crippen LogP contribution is -2.69. The number of aromatic hydroxyl groups is 1. The molecule has 0 saturated carbocycles. The highest BCUT2D eigenvalue weighted by Gasteiger charge is 2.68. The Balaban J connectivity index is 2.13. The van der Waals surface area contributed by atoms with Crippen molar-refractivity contribution in [2.75, 3.05) is 14.1 Å². The van der Waals surface area contributed by atoms with E-state index in [2.05, 4.69) is 0 Å². The highest BCUT2D eigenvalue weighted by molar-refractivity contribution is 6.25. The molecule has 0 heterocycles. The van der Waals surface area contributed by atoms with Crippen molar-refractivity contribution in [1.82, 2.24) is 4.90 Å². The van der Waals surface area contributed by atoms with E-state index in [0.717, 1.165) is 0 Å². The van der Waals surface area contributed by atoms with Gasteiger partial charge in [-0.15, -0.1) is 0 Å².